The van der Waals surface area contributed by atoms with Gasteiger partial charge in [0.2, 0.25) is 0 Å². The number of methoxy groups -OCH3 is 2. The predicted molar refractivity (Wildman–Crippen MR) is 106 cm³/mol. The molecule has 0 aliphatic heterocycles. The minimum atomic E-state index is 0.437. The second kappa shape index (κ2) is 7.09. The van der Waals surface area contributed by atoms with Crippen molar-refractivity contribution in [2.24, 2.45) is 5.10 Å². The number of benzene rings is 1. The highest BCUT2D eigenvalue weighted by Crippen LogP contribution is 2.45. The van der Waals surface area contributed by atoms with E-state index in [1.165, 1.54) is 0 Å². The van der Waals surface area contributed by atoms with Crippen LogP contribution in [0.3, 0.4) is 0 Å². The Bertz CT molecular complexity index is 1070. The van der Waals surface area contributed by atoms with Gasteiger partial charge in [0.25, 0.3) is 0 Å². The van der Waals surface area contributed by atoms with Crippen LogP contribution < -0.4 is 14.9 Å². The molecular formula is C20H16N4O2S. The standard InChI is InChI=1S/C20H16N4O2S/c1-25-17-7-12-6-13-10-22-20(24-23-11-14-4-3-5-27-14)16(9-21)19(13)15(12)8-18(17)26-2/h3-5,7-8,10-11H,6H2,1-2H3,(H,22,24)/b23-11+. The zero-order valence-electron chi connectivity index (χ0n) is 14.8. The van der Waals surface area contributed by atoms with Crippen LogP contribution in [0, 0.1) is 11.3 Å². The second-order valence-electron chi connectivity index (χ2n) is 5.92. The van der Waals surface area contributed by atoms with Crippen molar-refractivity contribution in [1.29, 1.82) is 5.26 Å². The summed E-state index contributed by atoms with van der Waals surface area (Å²) in [6.07, 6.45) is 4.20. The third-order valence-corrected chi connectivity index (χ3v) is 5.24. The van der Waals surface area contributed by atoms with Crippen molar-refractivity contribution in [3.05, 3.63) is 57.4 Å². The van der Waals surface area contributed by atoms with E-state index in [0.717, 1.165) is 27.1 Å². The van der Waals surface area contributed by atoms with E-state index in [0.29, 0.717) is 29.3 Å². The molecule has 134 valence electrons. The third kappa shape index (κ3) is 3.00. The zero-order valence-corrected chi connectivity index (χ0v) is 15.6. The summed E-state index contributed by atoms with van der Waals surface area (Å²) in [5.41, 5.74) is 7.30. The molecule has 0 unspecified atom stereocenters. The first-order chi connectivity index (χ1) is 13.2. The normalized spacial score (nSPS) is 11.7. The van der Waals surface area contributed by atoms with Crippen LogP contribution in [0.4, 0.5) is 5.82 Å². The van der Waals surface area contributed by atoms with Crippen LogP contribution in [-0.4, -0.2) is 25.4 Å². The van der Waals surface area contributed by atoms with E-state index in [9.17, 15) is 5.26 Å². The molecule has 0 fully saturated rings. The summed E-state index contributed by atoms with van der Waals surface area (Å²) in [4.78, 5) is 5.42. The number of nitriles is 1. The third-order valence-electron chi connectivity index (χ3n) is 4.43. The number of aromatic nitrogens is 1. The Morgan fingerprint density at radius 3 is 2.78 bits per heavy atom. The monoisotopic (exact) mass is 376 g/mol. The average molecular weight is 376 g/mol. The number of nitrogens with one attached hydrogen (secondary N) is 1. The summed E-state index contributed by atoms with van der Waals surface area (Å²) in [6, 6.07) is 10.1. The van der Waals surface area contributed by atoms with Crippen molar-refractivity contribution in [2.45, 2.75) is 6.42 Å². The molecule has 0 bridgehead atoms. The summed E-state index contributed by atoms with van der Waals surface area (Å²) in [5.74, 6) is 1.75. The maximum absolute atomic E-state index is 9.78. The van der Waals surface area contributed by atoms with Crippen LogP contribution in [0.25, 0.3) is 11.1 Å². The Hall–Kier alpha value is -3.37. The van der Waals surface area contributed by atoms with Crippen LogP contribution in [0.2, 0.25) is 0 Å². The Labute approximate surface area is 160 Å². The quantitative estimate of drug-likeness (QED) is 0.420. The molecule has 3 aromatic rings. The van der Waals surface area contributed by atoms with Gasteiger partial charge in [-0.1, -0.05) is 6.07 Å². The van der Waals surface area contributed by atoms with Gasteiger partial charge in [-0.3, -0.25) is 5.43 Å². The van der Waals surface area contributed by atoms with Gasteiger partial charge in [0.15, 0.2) is 17.3 Å². The highest BCUT2D eigenvalue weighted by molar-refractivity contribution is 7.11. The van der Waals surface area contributed by atoms with Crippen LogP contribution in [0.1, 0.15) is 21.6 Å². The van der Waals surface area contributed by atoms with Crippen molar-refractivity contribution in [2.75, 3.05) is 19.6 Å². The van der Waals surface area contributed by atoms with Crippen molar-refractivity contribution in [3.8, 4) is 28.7 Å². The molecule has 1 aromatic carbocycles. The molecule has 0 amide bonds. The Morgan fingerprint density at radius 2 is 2.07 bits per heavy atom. The number of rotatable bonds is 5. The number of hydrogen-bond donors (Lipinski definition) is 1. The van der Waals surface area contributed by atoms with E-state index >= 15 is 0 Å². The van der Waals surface area contributed by atoms with Crippen molar-refractivity contribution in [3.63, 3.8) is 0 Å². The highest BCUT2D eigenvalue weighted by atomic mass is 32.1. The zero-order chi connectivity index (χ0) is 18.8. The van der Waals surface area contributed by atoms with E-state index in [1.54, 1.807) is 38.0 Å². The number of thiophene rings is 1. The molecule has 4 rings (SSSR count). The Morgan fingerprint density at radius 1 is 1.26 bits per heavy atom. The van der Waals surface area contributed by atoms with Gasteiger partial charge >= 0.3 is 0 Å². The molecule has 0 saturated heterocycles. The molecule has 0 radical (unpaired) electrons. The smallest absolute Gasteiger partial charge is 0.164 e. The molecule has 7 heteroatoms. The summed E-state index contributed by atoms with van der Waals surface area (Å²) in [6.45, 7) is 0. The highest BCUT2D eigenvalue weighted by Gasteiger charge is 2.26. The van der Waals surface area contributed by atoms with Crippen LogP contribution in [0.15, 0.2) is 40.9 Å². The van der Waals surface area contributed by atoms with Gasteiger partial charge in [0.05, 0.1) is 20.4 Å². The maximum Gasteiger partial charge on any atom is 0.164 e. The van der Waals surface area contributed by atoms with Gasteiger partial charge in [0.1, 0.15) is 11.6 Å². The number of hydrogen-bond acceptors (Lipinski definition) is 7. The summed E-state index contributed by atoms with van der Waals surface area (Å²) < 4.78 is 10.8. The number of fused-ring (bicyclic) bond motifs is 3. The molecule has 27 heavy (non-hydrogen) atoms. The van der Waals surface area contributed by atoms with Gasteiger partial charge < -0.3 is 9.47 Å². The second-order valence-corrected chi connectivity index (χ2v) is 6.90. The number of anilines is 1. The molecule has 1 aliphatic rings. The fourth-order valence-corrected chi connectivity index (χ4v) is 3.80. The molecule has 0 spiro atoms. The van der Waals surface area contributed by atoms with E-state index in [2.05, 4.69) is 21.6 Å². The first-order valence-electron chi connectivity index (χ1n) is 8.25. The van der Waals surface area contributed by atoms with Gasteiger partial charge in [-0.05, 0) is 40.3 Å². The lowest BCUT2D eigenvalue weighted by atomic mass is 10.0. The molecule has 6 nitrogen and oxygen atoms in total. The molecular weight excluding hydrogens is 360 g/mol. The predicted octanol–water partition coefficient (Wildman–Crippen LogP) is 4.05. The van der Waals surface area contributed by atoms with Crippen LogP contribution in [-0.2, 0) is 6.42 Å². The topological polar surface area (TPSA) is 79.5 Å². The fourth-order valence-electron chi connectivity index (χ4n) is 3.21. The Balaban J connectivity index is 1.75. The van der Waals surface area contributed by atoms with Gasteiger partial charge in [0, 0.05) is 23.1 Å². The SMILES string of the molecule is COc1cc2c(cc1OC)-c1c(cnc(N/N=C/c3cccs3)c1C#N)C2. The van der Waals surface area contributed by atoms with Gasteiger partial charge in [-0.15, -0.1) is 11.3 Å². The minimum absolute atomic E-state index is 0.437. The van der Waals surface area contributed by atoms with Gasteiger partial charge in [-0.2, -0.15) is 10.4 Å². The van der Waals surface area contributed by atoms with E-state index in [-0.39, 0.29) is 0 Å². The van der Waals surface area contributed by atoms with Crippen LogP contribution in [0.5, 0.6) is 11.5 Å². The van der Waals surface area contributed by atoms with E-state index in [1.807, 2.05) is 29.6 Å². The van der Waals surface area contributed by atoms with Gasteiger partial charge in [-0.25, -0.2) is 4.98 Å². The van der Waals surface area contributed by atoms with Crippen LogP contribution >= 0.6 is 11.3 Å². The number of hydrazone groups is 1. The first kappa shape index (κ1) is 17.1. The van der Waals surface area contributed by atoms with E-state index < -0.39 is 0 Å². The maximum atomic E-state index is 9.78. The largest absolute Gasteiger partial charge is 0.493 e. The summed E-state index contributed by atoms with van der Waals surface area (Å²) >= 11 is 1.59. The summed E-state index contributed by atoms with van der Waals surface area (Å²) in [7, 11) is 3.21. The number of nitrogens with zero attached hydrogens (tertiary/aromatic N) is 3. The molecule has 0 atom stereocenters. The first-order valence-corrected chi connectivity index (χ1v) is 9.13. The lowest BCUT2D eigenvalue weighted by molar-refractivity contribution is 0.355. The van der Waals surface area contributed by atoms with E-state index in [4.69, 9.17) is 9.47 Å². The molecule has 1 N–H and O–H groups in total. The lowest BCUT2D eigenvalue weighted by Crippen LogP contribution is -1.99. The van der Waals surface area contributed by atoms with Crippen molar-refractivity contribution in [1.82, 2.24) is 4.98 Å². The average Bonchev–Trinajstić information content (AvgIpc) is 3.33. The molecule has 2 aromatic heterocycles. The summed E-state index contributed by atoms with van der Waals surface area (Å²) in [5, 5.41) is 16.0. The molecule has 0 saturated carbocycles. The lowest BCUT2D eigenvalue weighted by Gasteiger charge is -2.11. The fraction of sp³-hybridized carbons (Fsp3) is 0.150. The number of pyridine rings is 1. The minimum Gasteiger partial charge on any atom is -0.493 e. The van der Waals surface area contributed by atoms with Crippen molar-refractivity contribution >= 4 is 23.4 Å². The number of ether oxygens (including phenoxy) is 2. The molecule has 2 heterocycles. The Kier molecular flexibility index (Phi) is 4.48. The van der Waals surface area contributed by atoms with Crippen molar-refractivity contribution < 1.29 is 9.47 Å². The molecule has 1 aliphatic carbocycles.